The molecule has 0 radical (unpaired) electrons. The van der Waals surface area contributed by atoms with Crippen molar-refractivity contribution in [1.29, 1.82) is 0 Å². The summed E-state index contributed by atoms with van der Waals surface area (Å²) in [5.74, 6) is 3.04. The third-order valence-corrected chi connectivity index (χ3v) is 6.73. The van der Waals surface area contributed by atoms with E-state index in [1.54, 1.807) is 0 Å². The van der Waals surface area contributed by atoms with Crippen molar-refractivity contribution >= 4 is 0 Å². The zero-order valence-corrected chi connectivity index (χ0v) is 11.6. The van der Waals surface area contributed by atoms with Crippen LogP contribution in [0.2, 0.25) is 0 Å². The summed E-state index contributed by atoms with van der Waals surface area (Å²) in [5.41, 5.74) is 6.73. The van der Waals surface area contributed by atoms with Gasteiger partial charge in [0.05, 0.1) is 0 Å². The molecule has 4 rings (SSSR count). The summed E-state index contributed by atoms with van der Waals surface area (Å²) in [4.78, 5) is 2.94. The summed E-state index contributed by atoms with van der Waals surface area (Å²) in [6, 6.07) is 0.899. The molecule has 0 aromatic rings. The number of nitrogens with zero attached hydrogens (tertiary/aromatic N) is 1. The van der Waals surface area contributed by atoms with E-state index in [0.29, 0.717) is 5.54 Å². The Bertz CT molecular complexity index is 327. The van der Waals surface area contributed by atoms with Crippen LogP contribution in [0, 0.1) is 17.8 Å². The first-order valence-corrected chi connectivity index (χ1v) is 8.32. The monoisotopic (exact) mass is 248 g/mol. The van der Waals surface area contributed by atoms with Gasteiger partial charge in [-0.05, 0) is 69.2 Å². The topological polar surface area (TPSA) is 29.3 Å². The van der Waals surface area contributed by atoms with Crippen molar-refractivity contribution in [3.8, 4) is 0 Å². The van der Waals surface area contributed by atoms with Crippen LogP contribution in [-0.2, 0) is 0 Å². The van der Waals surface area contributed by atoms with Gasteiger partial charge in [0.15, 0.2) is 0 Å². The van der Waals surface area contributed by atoms with E-state index in [1.165, 1.54) is 64.3 Å². The van der Waals surface area contributed by atoms with Crippen LogP contribution in [0.5, 0.6) is 0 Å². The van der Waals surface area contributed by atoms with Crippen molar-refractivity contribution in [3.05, 3.63) is 0 Å². The van der Waals surface area contributed by atoms with E-state index < -0.39 is 0 Å². The molecular weight excluding hydrogens is 220 g/mol. The first kappa shape index (κ1) is 11.7. The van der Waals surface area contributed by atoms with Gasteiger partial charge in [0.25, 0.3) is 0 Å². The molecule has 0 spiro atoms. The van der Waals surface area contributed by atoms with Crippen molar-refractivity contribution in [2.75, 3.05) is 13.1 Å². The Morgan fingerprint density at radius 3 is 2.56 bits per heavy atom. The van der Waals surface area contributed by atoms with Crippen LogP contribution in [0.3, 0.4) is 0 Å². The average Bonchev–Trinajstić information content (AvgIpc) is 3.13. The number of nitrogens with two attached hydrogens (primary N) is 1. The molecule has 3 aliphatic carbocycles. The molecule has 4 fully saturated rings. The molecule has 18 heavy (non-hydrogen) atoms. The fraction of sp³-hybridized carbons (Fsp3) is 1.00. The molecule has 5 atom stereocenters. The molecule has 0 aromatic heterocycles. The Hall–Kier alpha value is -0.0800. The average molecular weight is 248 g/mol. The van der Waals surface area contributed by atoms with Crippen molar-refractivity contribution < 1.29 is 0 Å². The van der Waals surface area contributed by atoms with E-state index >= 15 is 0 Å². The van der Waals surface area contributed by atoms with Crippen LogP contribution in [0.15, 0.2) is 0 Å². The van der Waals surface area contributed by atoms with E-state index in [9.17, 15) is 0 Å². The molecule has 2 nitrogen and oxygen atoms in total. The first-order valence-electron chi connectivity index (χ1n) is 8.32. The SMILES string of the molecule is NCC1(N2CCCC3CCCCC32)CCC2CC21. The van der Waals surface area contributed by atoms with Gasteiger partial charge in [-0.2, -0.15) is 0 Å². The molecule has 2 N–H and O–H groups in total. The molecule has 2 heteroatoms. The standard InChI is InChI=1S/C16H28N2/c17-11-16(8-7-13-10-14(13)16)18-9-3-5-12-4-1-2-6-15(12)18/h12-15H,1-11,17H2. The third kappa shape index (κ3) is 1.54. The summed E-state index contributed by atoms with van der Waals surface area (Å²) in [5, 5.41) is 0. The molecular formula is C16H28N2. The summed E-state index contributed by atoms with van der Waals surface area (Å²) in [6.45, 7) is 2.28. The zero-order chi connectivity index (χ0) is 12.2. The van der Waals surface area contributed by atoms with E-state index in [2.05, 4.69) is 4.90 Å². The second-order valence-corrected chi connectivity index (χ2v) is 7.40. The Labute approximate surface area is 111 Å². The second-order valence-electron chi connectivity index (χ2n) is 7.40. The number of likely N-dealkylation sites (tertiary alicyclic amines) is 1. The molecule has 3 saturated carbocycles. The van der Waals surface area contributed by atoms with E-state index in [1.807, 2.05) is 0 Å². The number of piperidine rings is 1. The van der Waals surface area contributed by atoms with Gasteiger partial charge < -0.3 is 5.73 Å². The highest BCUT2D eigenvalue weighted by atomic mass is 15.3. The minimum absolute atomic E-state index is 0.436. The van der Waals surface area contributed by atoms with Crippen LogP contribution in [0.25, 0.3) is 0 Å². The van der Waals surface area contributed by atoms with Gasteiger partial charge in [0.1, 0.15) is 0 Å². The number of hydrogen-bond acceptors (Lipinski definition) is 2. The van der Waals surface area contributed by atoms with Crippen LogP contribution >= 0.6 is 0 Å². The lowest BCUT2D eigenvalue weighted by Gasteiger charge is -2.53. The molecule has 5 unspecified atom stereocenters. The van der Waals surface area contributed by atoms with Gasteiger partial charge >= 0.3 is 0 Å². The van der Waals surface area contributed by atoms with Crippen LogP contribution < -0.4 is 5.73 Å². The molecule has 1 saturated heterocycles. The van der Waals surface area contributed by atoms with Crippen molar-refractivity contribution in [2.24, 2.45) is 23.5 Å². The van der Waals surface area contributed by atoms with E-state index in [4.69, 9.17) is 5.73 Å². The normalized spacial score (nSPS) is 51.8. The number of fused-ring (bicyclic) bond motifs is 2. The van der Waals surface area contributed by atoms with Crippen LogP contribution in [0.4, 0.5) is 0 Å². The third-order valence-electron chi connectivity index (χ3n) is 6.73. The molecule has 102 valence electrons. The van der Waals surface area contributed by atoms with Gasteiger partial charge in [-0.25, -0.2) is 0 Å². The highest BCUT2D eigenvalue weighted by Crippen LogP contribution is 2.60. The zero-order valence-electron chi connectivity index (χ0n) is 11.6. The Morgan fingerprint density at radius 1 is 1.00 bits per heavy atom. The minimum Gasteiger partial charge on any atom is -0.329 e. The Balaban J connectivity index is 1.61. The Morgan fingerprint density at radius 2 is 1.83 bits per heavy atom. The maximum absolute atomic E-state index is 6.30. The Kier molecular flexibility index (Phi) is 2.74. The minimum atomic E-state index is 0.436. The highest BCUT2D eigenvalue weighted by molar-refractivity contribution is 5.15. The second kappa shape index (κ2) is 4.21. The number of rotatable bonds is 2. The molecule has 0 aromatic carbocycles. The highest BCUT2D eigenvalue weighted by Gasteiger charge is 2.61. The molecule has 4 aliphatic rings. The smallest absolute Gasteiger partial charge is 0.0365 e. The van der Waals surface area contributed by atoms with Gasteiger partial charge in [-0.1, -0.05) is 12.8 Å². The first-order chi connectivity index (χ1) is 8.85. The largest absolute Gasteiger partial charge is 0.329 e. The van der Waals surface area contributed by atoms with Crippen LogP contribution in [0.1, 0.15) is 57.8 Å². The fourth-order valence-electron chi connectivity index (χ4n) is 5.75. The summed E-state index contributed by atoms with van der Waals surface area (Å²) in [7, 11) is 0. The van der Waals surface area contributed by atoms with Crippen LogP contribution in [-0.4, -0.2) is 29.6 Å². The molecule has 1 aliphatic heterocycles. The van der Waals surface area contributed by atoms with Gasteiger partial charge in [0, 0.05) is 18.1 Å². The maximum Gasteiger partial charge on any atom is 0.0365 e. The summed E-state index contributed by atoms with van der Waals surface area (Å²) in [6.07, 6.45) is 13.2. The summed E-state index contributed by atoms with van der Waals surface area (Å²) >= 11 is 0. The predicted octanol–water partition coefficient (Wildman–Crippen LogP) is 2.77. The van der Waals surface area contributed by atoms with Crippen molar-refractivity contribution in [2.45, 2.75) is 69.4 Å². The van der Waals surface area contributed by atoms with Gasteiger partial charge in [-0.3, -0.25) is 4.90 Å². The number of hydrogen-bond donors (Lipinski definition) is 1. The summed E-state index contributed by atoms with van der Waals surface area (Å²) < 4.78 is 0. The van der Waals surface area contributed by atoms with E-state index in [-0.39, 0.29) is 0 Å². The quantitative estimate of drug-likeness (QED) is 0.814. The van der Waals surface area contributed by atoms with Gasteiger partial charge in [0.2, 0.25) is 0 Å². The lowest BCUT2D eigenvalue weighted by atomic mass is 9.75. The molecule has 1 heterocycles. The molecule has 0 amide bonds. The van der Waals surface area contributed by atoms with E-state index in [0.717, 1.165) is 30.3 Å². The molecule has 0 bridgehead atoms. The fourth-order valence-corrected chi connectivity index (χ4v) is 5.75. The van der Waals surface area contributed by atoms with Crippen molar-refractivity contribution in [3.63, 3.8) is 0 Å². The predicted molar refractivity (Wildman–Crippen MR) is 74.3 cm³/mol. The maximum atomic E-state index is 6.30. The van der Waals surface area contributed by atoms with Gasteiger partial charge in [-0.15, -0.1) is 0 Å². The van der Waals surface area contributed by atoms with Crippen molar-refractivity contribution in [1.82, 2.24) is 4.90 Å². The lowest BCUT2D eigenvalue weighted by Crippen LogP contribution is -2.62. The lowest BCUT2D eigenvalue weighted by molar-refractivity contribution is -0.0334.